The third kappa shape index (κ3) is 4.19. The van der Waals surface area contributed by atoms with E-state index >= 15 is 0 Å². The van der Waals surface area contributed by atoms with Crippen LogP contribution in [0, 0.1) is 22.7 Å². The van der Waals surface area contributed by atoms with Crippen LogP contribution >= 0.6 is 0 Å². The van der Waals surface area contributed by atoms with Crippen LogP contribution in [0.25, 0.3) is 0 Å². The van der Waals surface area contributed by atoms with Crippen LogP contribution in [0.2, 0.25) is 0 Å². The van der Waals surface area contributed by atoms with Gasteiger partial charge in [-0.3, -0.25) is 9.59 Å². The summed E-state index contributed by atoms with van der Waals surface area (Å²) in [5.41, 5.74) is 1.45. The van der Waals surface area contributed by atoms with Crippen molar-refractivity contribution >= 4 is 17.9 Å². The van der Waals surface area contributed by atoms with Crippen LogP contribution in [0.5, 0.6) is 0 Å². The Morgan fingerprint density at radius 1 is 1.23 bits per heavy atom. The van der Waals surface area contributed by atoms with Gasteiger partial charge < -0.3 is 14.2 Å². The molecule has 0 saturated heterocycles. The molecule has 1 heterocycles. The highest BCUT2D eigenvalue weighted by Crippen LogP contribution is 2.62. The Labute approximate surface area is 179 Å². The molecule has 2 aliphatic carbocycles. The molecule has 0 spiro atoms. The van der Waals surface area contributed by atoms with Crippen LogP contribution in [0.1, 0.15) is 66.2 Å². The highest BCUT2D eigenvalue weighted by Gasteiger charge is 2.59. The van der Waals surface area contributed by atoms with Gasteiger partial charge in [0.05, 0.1) is 0 Å². The van der Waals surface area contributed by atoms with Gasteiger partial charge in [0.1, 0.15) is 19.3 Å². The molecule has 6 heteroatoms. The summed E-state index contributed by atoms with van der Waals surface area (Å²) in [6.07, 6.45) is 6.54. The van der Waals surface area contributed by atoms with E-state index < -0.39 is 5.41 Å². The van der Waals surface area contributed by atoms with Gasteiger partial charge in [-0.05, 0) is 61.9 Å². The molecular formula is C24H34O6. The van der Waals surface area contributed by atoms with Crippen molar-refractivity contribution in [3.63, 3.8) is 0 Å². The topological polar surface area (TPSA) is 78.9 Å². The maximum Gasteiger partial charge on any atom is 0.334 e. The fourth-order valence-electron chi connectivity index (χ4n) is 6.25. The van der Waals surface area contributed by atoms with E-state index in [-0.39, 0.29) is 47.9 Å². The number of hydrogen-bond acceptors (Lipinski definition) is 6. The molecule has 1 aliphatic heterocycles. The normalized spacial score (nSPS) is 35.9. The Morgan fingerprint density at radius 3 is 2.57 bits per heavy atom. The quantitative estimate of drug-likeness (QED) is 0.367. The first-order valence-electron chi connectivity index (χ1n) is 10.9. The summed E-state index contributed by atoms with van der Waals surface area (Å²) >= 11 is 0. The number of carbonyl (C=O) groups excluding carboxylic acids is 3. The fraction of sp³-hybridized carbons (Fsp3) is 0.708. The second-order valence-electron chi connectivity index (χ2n) is 9.60. The predicted octanol–water partition coefficient (Wildman–Crippen LogP) is 4.13. The maximum absolute atomic E-state index is 11.9. The van der Waals surface area contributed by atoms with Crippen LogP contribution in [-0.2, 0) is 28.6 Å². The molecule has 0 aromatic rings. The molecule has 0 unspecified atom stereocenters. The van der Waals surface area contributed by atoms with Gasteiger partial charge in [0, 0.05) is 24.8 Å². The van der Waals surface area contributed by atoms with Gasteiger partial charge >= 0.3 is 17.9 Å². The average Bonchev–Trinajstić information content (AvgIpc) is 3.07. The number of carbonyl (C=O) groups is 3. The lowest BCUT2D eigenvalue weighted by molar-refractivity contribution is -0.191. The lowest BCUT2D eigenvalue weighted by Gasteiger charge is -2.60. The molecule has 0 amide bonds. The second-order valence-corrected chi connectivity index (χ2v) is 9.60. The molecule has 3 rings (SSSR count). The number of ether oxygens (including phenoxy) is 3. The molecular weight excluding hydrogens is 384 g/mol. The summed E-state index contributed by atoms with van der Waals surface area (Å²) in [7, 11) is 0. The largest absolute Gasteiger partial charge is 0.465 e. The molecule has 6 nitrogen and oxygen atoms in total. The Hall–Kier alpha value is -2.11. The number of fused-ring (bicyclic) bond motifs is 1. The number of esters is 3. The van der Waals surface area contributed by atoms with Crippen LogP contribution < -0.4 is 0 Å². The summed E-state index contributed by atoms with van der Waals surface area (Å²) in [4.78, 5) is 35.3. The molecule has 0 radical (unpaired) electrons. The molecule has 0 bridgehead atoms. The first-order chi connectivity index (χ1) is 14.1. The number of cyclic esters (lactones) is 1. The zero-order valence-electron chi connectivity index (χ0n) is 18.6. The minimum atomic E-state index is -0.463. The molecule has 5 atom stereocenters. The van der Waals surface area contributed by atoms with Crippen molar-refractivity contribution < 1.29 is 28.6 Å². The first-order valence-corrected chi connectivity index (χ1v) is 10.9. The van der Waals surface area contributed by atoms with Crippen LogP contribution in [0.15, 0.2) is 23.8 Å². The summed E-state index contributed by atoms with van der Waals surface area (Å²) in [6, 6.07) is 0. The van der Waals surface area contributed by atoms with Crippen molar-refractivity contribution in [1.29, 1.82) is 0 Å². The Morgan fingerprint density at radius 2 is 1.97 bits per heavy atom. The Kier molecular flexibility index (Phi) is 6.44. The monoisotopic (exact) mass is 418 g/mol. The van der Waals surface area contributed by atoms with E-state index in [0.29, 0.717) is 13.0 Å². The van der Waals surface area contributed by atoms with E-state index in [1.807, 2.05) is 6.08 Å². The van der Waals surface area contributed by atoms with Crippen molar-refractivity contribution in [3.05, 3.63) is 23.8 Å². The number of hydrogen-bond donors (Lipinski definition) is 0. The van der Waals surface area contributed by atoms with Gasteiger partial charge in [-0.2, -0.15) is 0 Å². The lowest BCUT2D eigenvalue weighted by atomic mass is 9.46. The van der Waals surface area contributed by atoms with Crippen molar-refractivity contribution in [2.75, 3.05) is 13.2 Å². The Balaban J connectivity index is 1.87. The van der Waals surface area contributed by atoms with Gasteiger partial charge in [0.25, 0.3) is 0 Å². The number of allylic oxidation sites excluding steroid dienone is 1. The predicted molar refractivity (Wildman–Crippen MR) is 111 cm³/mol. The fourth-order valence-corrected chi connectivity index (χ4v) is 6.25. The first kappa shape index (κ1) is 22.6. The minimum absolute atomic E-state index is 0.0655. The van der Waals surface area contributed by atoms with Gasteiger partial charge in [-0.25, -0.2) is 4.79 Å². The Bertz CT molecular complexity index is 768. The van der Waals surface area contributed by atoms with Crippen LogP contribution in [-0.4, -0.2) is 37.2 Å². The van der Waals surface area contributed by atoms with E-state index in [0.717, 1.165) is 37.7 Å². The maximum atomic E-state index is 11.9. The minimum Gasteiger partial charge on any atom is -0.465 e. The van der Waals surface area contributed by atoms with Crippen molar-refractivity contribution in [2.24, 2.45) is 22.7 Å². The highest BCUT2D eigenvalue weighted by atomic mass is 16.6. The van der Waals surface area contributed by atoms with Crippen LogP contribution in [0.3, 0.4) is 0 Å². The zero-order chi connectivity index (χ0) is 22.1. The van der Waals surface area contributed by atoms with Crippen molar-refractivity contribution in [2.45, 2.75) is 72.3 Å². The number of rotatable bonds is 6. The van der Waals surface area contributed by atoms with Gasteiger partial charge in [-0.15, -0.1) is 0 Å². The molecule has 2 fully saturated rings. The molecule has 0 N–H and O–H groups in total. The summed E-state index contributed by atoms with van der Waals surface area (Å²) in [6.45, 7) is 12.2. The van der Waals surface area contributed by atoms with Gasteiger partial charge in [0.15, 0.2) is 0 Å². The molecule has 30 heavy (non-hydrogen) atoms. The third-order valence-electron chi connectivity index (χ3n) is 7.72. The molecule has 166 valence electrons. The van der Waals surface area contributed by atoms with E-state index in [2.05, 4.69) is 20.4 Å². The molecule has 3 aliphatic rings. The lowest BCUT2D eigenvalue weighted by Crippen LogP contribution is -2.58. The van der Waals surface area contributed by atoms with Gasteiger partial charge in [-0.1, -0.05) is 26.0 Å². The van der Waals surface area contributed by atoms with E-state index in [1.54, 1.807) is 0 Å². The standard InChI is InChI=1S/C24H34O6/c1-15-6-9-20-23(4,19(15)8-7-18-11-13-28-22(18)27)12-10-21(30-17(3)26)24(20,5)14-29-16(2)25/h11,19-21H,1,6-10,12-14H2,2-5H3/t19-,20+,21-,23+,24+/m1/s1. The van der Waals surface area contributed by atoms with Crippen molar-refractivity contribution in [3.8, 4) is 0 Å². The summed E-state index contributed by atoms with van der Waals surface area (Å²) in [5, 5.41) is 0. The van der Waals surface area contributed by atoms with Crippen LogP contribution in [0.4, 0.5) is 0 Å². The highest BCUT2D eigenvalue weighted by molar-refractivity contribution is 5.90. The zero-order valence-corrected chi connectivity index (χ0v) is 18.6. The average molecular weight is 419 g/mol. The summed E-state index contributed by atoms with van der Waals surface area (Å²) in [5.74, 6) is -0.381. The molecule has 2 saturated carbocycles. The van der Waals surface area contributed by atoms with Gasteiger partial charge in [0.2, 0.25) is 0 Å². The molecule has 0 aromatic heterocycles. The smallest absolute Gasteiger partial charge is 0.334 e. The van der Waals surface area contributed by atoms with Crippen molar-refractivity contribution in [1.82, 2.24) is 0 Å². The third-order valence-corrected chi connectivity index (χ3v) is 7.72. The second kappa shape index (κ2) is 8.56. The SMILES string of the molecule is C=C1CC[C@@H]2[C@](C)(COC(C)=O)[C@H](OC(C)=O)CC[C@@]2(C)[C@@H]1CCC1=CCOC1=O. The van der Waals surface area contributed by atoms with E-state index in [9.17, 15) is 14.4 Å². The summed E-state index contributed by atoms with van der Waals surface area (Å²) < 4.78 is 16.3. The van der Waals surface area contributed by atoms with E-state index in [1.165, 1.54) is 19.4 Å². The molecule has 0 aromatic carbocycles. The van der Waals surface area contributed by atoms with E-state index in [4.69, 9.17) is 14.2 Å².